The molecule has 0 saturated heterocycles. The Bertz CT molecular complexity index is 2810. The summed E-state index contributed by atoms with van der Waals surface area (Å²) in [5.74, 6) is -0.660. The van der Waals surface area contributed by atoms with Crippen molar-refractivity contribution in [3.05, 3.63) is 81.2 Å². The number of phenolic OH excluding ortho intramolecular Hbond substituents is 1. The molecule has 0 bridgehead atoms. The summed E-state index contributed by atoms with van der Waals surface area (Å²) in [7, 11) is 5.78. The van der Waals surface area contributed by atoms with Crippen molar-refractivity contribution in [1.82, 2.24) is 24.7 Å². The number of phenols is 1. The van der Waals surface area contributed by atoms with Gasteiger partial charge in [0.15, 0.2) is 12.1 Å². The van der Waals surface area contributed by atoms with Gasteiger partial charge in [-0.25, -0.2) is 19.2 Å². The van der Waals surface area contributed by atoms with E-state index in [9.17, 15) is 63.7 Å². The molecule has 0 unspecified atom stereocenters. The maximum absolute atomic E-state index is 11.9. The molecule has 0 aliphatic carbocycles. The van der Waals surface area contributed by atoms with Crippen LogP contribution in [0.2, 0.25) is 0 Å². The number of alkyl halides is 2. The highest BCUT2D eigenvalue weighted by atomic mass is 35.5. The number of rotatable bonds is 25. The Balaban J connectivity index is -0.000000346. The second-order valence-corrected chi connectivity index (χ2v) is 20.6. The molecule has 0 saturated carbocycles. The van der Waals surface area contributed by atoms with Gasteiger partial charge in [-0.3, -0.25) is 49.4 Å². The number of hydrogen-bond donors (Lipinski definition) is 4. The Hall–Kier alpha value is -7.94. The average Bonchev–Trinajstić information content (AvgIpc) is 0.813. The number of benzene rings is 2. The predicted octanol–water partition coefficient (Wildman–Crippen LogP) is 11.6. The normalized spacial score (nSPS) is 9.60. The van der Waals surface area contributed by atoms with Crippen LogP contribution < -0.4 is 4.74 Å². The highest BCUT2D eigenvalue weighted by molar-refractivity contribution is 6.62. The SMILES string of the molecule is CC(=O)Cl.CC(=O)OCCCN(C)C(=O)OCCl.CC(=O)OCCCN(C)C(=O)OCOc1ccc([N+](=O)[O-])c2cccnc12.CCCCCO.CCCCCOC(C)=O.CN(CCCO)C(=O)OC(C)(C)C.CO.O=C(Cl)OCCl.O=[N+]([O-])c1ccc(O)c2ncccc12. The molecule has 4 rings (SSSR count). The van der Waals surface area contributed by atoms with Crippen LogP contribution in [0.15, 0.2) is 60.9 Å². The number of nitro benzene ring substituents is 2. The lowest BCUT2D eigenvalue weighted by molar-refractivity contribution is -0.383. The maximum atomic E-state index is 11.9. The van der Waals surface area contributed by atoms with Crippen LogP contribution in [0.1, 0.15) is 120 Å². The van der Waals surface area contributed by atoms with E-state index >= 15 is 0 Å². The van der Waals surface area contributed by atoms with E-state index in [0.717, 1.165) is 32.8 Å². The van der Waals surface area contributed by atoms with Gasteiger partial charge in [0.05, 0.1) is 40.4 Å². The zero-order valence-electron chi connectivity index (χ0n) is 56.0. The minimum Gasteiger partial charge on any atom is -0.506 e. The molecular formula is C60H93Cl4N7O24. The zero-order chi connectivity index (χ0) is 73.9. The molecule has 540 valence electrons. The molecular weight excluding hydrogens is 1340 g/mol. The second-order valence-electron chi connectivity index (χ2n) is 19.3. The lowest BCUT2D eigenvalue weighted by Gasteiger charge is -2.24. The van der Waals surface area contributed by atoms with E-state index in [1.807, 2.05) is 20.8 Å². The summed E-state index contributed by atoms with van der Waals surface area (Å²) in [5.41, 5.74) is -0.907. The van der Waals surface area contributed by atoms with E-state index < -0.39 is 33.1 Å². The zero-order valence-corrected chi connectivity index (χ0v) is 59.0. The number of hydrogen-bond acceptors (Lipinski definition) is 26. The number of fused-ring (bicyclic) bond motifs is 2. The second kappa shape index (κ2) is 61.0. The Labute approximate surface area is 573 Å². The number of pyridine rings is 2. The molecule has 31 nitrogen and oxygen atoms in total. The molecule has 4 N–H and O–H groups in total. The van der Waals surface area contributed by atoms with Crippen molar-refractivity contribution in [1.29, 1.82) is 0 Å². The number of amides is 3. The summed E-state index contributed by atoms with van der Waals surface area (Å²) in [6.45, 7) is 17.6. The molecule has 35 heteroatoms. The monoisotopic (exact) mass is 1440 g/mol. The number of halogens is 4. The van der Waals surface area contributed by atoms with Crippen LogP contribution >= 0.6 is 46.4 Å². The Morgan fingerprint density at radius 1 is 0.547 bits per heavy atom. The molecule has 0 aliphatic rings. The van der Waals surface area contributed by atoms with Gasteiger partial charge in [-0.15, -0.1) is 0 Å². The van der Waals surface area contributed by atoms with Crippen LogP contribution in [0.25, 0.3) is 21.8 Å². The fraction of sp³-hybridized carbons (Fsp3) is 0.567. The topological polar surface area (TPSA) is 413 Å². The first-order valence-electron chi connectivity index (χ1n) is 29.0. The number of carbonyl (C=O) groups is 8. The van der Waals surface area contributed by atoms with Crippen LogP contribution in [0.4, 0.5) is 30.6 Å². The third kappa shape index (κ3) is 56.2. The van der Waals surface area contributed by atoms with E-state index in [0.29, 0.717) is 75.0 Å². The van der Waals surface area contributed by atoms with Crippen LogP contribution in [-0.2, 0) is 52.3 Å². The van der Waals surface area contributed by atoms with Gasteiger partial charge in [-0.1, -0.05) is 62.7 Å². The summed E-state index contributed by atoms with van der Waals surface area (Å²) in [6.07, 6.45) is 9.79. The van der Waals surface area contributed by atoms with E-state index in [1.54, 1.807) is 45.4 Å². The van der Waals surface area contributed by atoms with Crippen LogP contribution in [0.3, 0.4) is 0 Å². The highest BCUT2D eigenvalue weighted by Crippen LogP contribution is 2.32. The molecule has 0 atom stereocenters. The lowest BCUT2D eigenvalue weighted by atomic mass is 10.1. The number of nitro groups is 2. The third-order valence-corrected chi connectivity index (χ3v) is 10.6. The van der Waals surface area contributed by atoms with Crippen molar-refractivity contribution in [3.63, 3.8) is 0 Å². The molecule has 2 heterocycles. The quantitative estimate of drug-likeness (QED) is 0.00699. The standard InChI is InChI=1S/C17H19N3O7.C9H6N2O3.C9H19NO3.C8H14ClNO4.C7H14O2.C5H12O.C2H2Cl2O2.C2H3ClO.CH4O/c1-12(21)25-10-4-9-19(2)17(22)27-11-26-15-7-6-14(20(23)24)13-5-3-8-18-16(13)15;12-8-4-3-7(11(13)14)6-2-1-5-10-9(6)8;1-9(2,3)13-8(12)10(4)6-5-7-11;1-7(11)13-5-3-4-10(2)8(12)14-6-9;1-3-4-5-6-9-7(2)8;1-2-3-4-5-6;3-1-6-2(4)5;1-2(3)4;1-2/h3,5-8H,4,9-11H2,1-2H3;1-5,12H;11H,5-7H2,1-4H3;3-6H2,1-2H3;3-6H2,1-2H3;6H,2-5H2,1H3;1H2;1H3;2H,1H3. The van der Waals surface area contributed by atoms with Gasteiger partial charge in [0.25, 0.3) is 11.4 Å². The van der Waals surface area contributed by atoms with Crippen molar-refractivity contribution in [3.8, 4) is 11.5 Å². The number of non-ortho nitro benzene ring substituents is 2. The van der Waals surface area contributed by atoms with Gasteiger partial charge in [-0.2, -0.15) is 0 Å². The van der Waals surface area contributed by atoms with Crippen LogP contribution in [-0.4, -0.2) is 207 Å². The average molecular weight is 1440 g/mol. The van der Waals surface area contributed by atoms with Gasteiger partial charge in [0, 0.05) is 125 Å². The number of aliphatic hydroxyl groups excluding tert-OH is 3. The Morgan fingerprint density at radius 2 is 0.937 bits per heavy atom. The van der Waals surface area contributed by atoms with Crippen LogP contribution in [0.5, 0.6) is 11.5 Å². The summed E-state index contributed by atoms with van der Waals surface area (Å²) in [4.78, 5) is 117. The van der Waals surface area contributed by atoms with Gasteiger partial charge in [0.2, 0.25) is 12.0 Å². The summed E-state index contributed by atoms with van der Waals surface area (Å²) >= 11 is 19.3. The number of ether oxygens (including phenoxy) is 8. The van der Waals surface area contributed by atoms with Crippen LogP contribution in [0, 0.1) is 20.2 Å². The highest BCUT2D eigenvalue weighted by Gasteiger charge is 2.20. The third-order valence-electron chi connectivity index (χ3n) is 10.3. The van der Waals surface area contributed by atoms with Crippen molar-refractivity contribution in [2.45, 2.75) is 126 Å². The Kier molecular flexibility index (Phi) is 61.5. The van der Waals surface area contributed by atoms with E-state index in [2.05, 4.69) is 61.2 Å². The fourth-order valence-corrected chi connectivity index (χ4v) is 6.35. The van der Waals surface area contributed by atoms with Crippen molar-refractivity contribution in [2.24, 2.45) is 0 Å². The smallest absolute Gasteiger partial charge is 0.412 e. The van der Waals surface area contributed by atoms with Crippen molar-refractivity contribution in [2.75, 3.05) is 99.8 Å². The molecule has 0 fully saturated rings. The van der Waals surface area contributed by atoms with Gasteiger partial charge in [-0.05, 0) is 101 Å². The Morgan fingerprint density at radius 3 is 1.32 bits per heavy atom. The molecule has 2 aromatic heterocycles. The summed E-state index contributed by atoms with van der Waals surface area (Å²) < 4.78 is 38.2. The first-order valence-corrected chi connectivity index (χ1v) is 30.8. The van der Waals surface area contributed by atoms with Gasteiger partial charge >= 0.3 is 41.6 Å². The minimum atomic E-state index is -0.870. The predicted molar refractivity (Wildman–Crippen MR) is 356 cm³/mol. The number of carbonyl (C=O) groups excluding carboxylic acids is 8. The molecule has 2 aromatic carbocycles. The molecule has 4 aromatic rings. The number of aromatic hydroxyl groups is 1. The molecule has 95 heavy (non-hydrogen) atoms. The number of aliphatic hydroxyl groups is 3. The molecule has 3 amide bonds. The van der Waals surface area contributed by atoms with E-state index in [4.69, 9.17) is 62.2 Å². The maximum Gasteiger partial charge on any atom is 0.412 e. The number of aromatic nitrogens is 2. The largest absolute Gasteiger partial charge is 0.506 e. The number of unbranched alkanes of at least 4 members (excludes halogenated alkanes) is 4. The molecule has 0 aliphatic heterocycles. The summed E-state index contributed by atoms with van der Waals surface area (Å²) in [6, 6.07) is 11.2. The van der Waals surface area contributed by atoms with Crippen molar-refractivity contribution < 1.29 is 107 Å². The van der Waals surface area contributed by atoms with E-state index in [-0.39, 0.29) is 89.8 Å². The van der Waals surface area contributed by atoms with Gasteiger partial charge in [0.1, 0.15) is 28.1 Å². The molecule has 0 spiro atoms. The lowest BCUT2D eigenvalue weighted by Crippen LogP contribution is -2.34. The van der Waals surface area contributed by atoms with Gasteiger partial charge < -0.3 is 73.0 Å². The molecule has 0 radical (unpaired) electrons. The first-order chi connectivity index (χ1) is 44.7. The fourth-order valence-electron chi connectivity index (χ4n) is 6.05. The summed E-state index contributed by atoms with van der Waals surface area (Å²) in [5, 5.41) is 55.2. The van der Waals surface area contributed by atoms with E-state index in [1.165, 1.54) is 91.9 Å². The minimum absolute atomic E-state index is 0.0498. The number of nitrogens with zero attached hydrogens (tertiary/aromatic N) is 7. The number of esters is 3. The van der Waals surface area contributed by atoms with Crippen molar-refractivity contribution >= 4 is 126 Å². The first kappa shape index (κ1) is 95.8.